The molecule has 0 aliphatic rings. The van der Waals surface area contributed by atoms with Gasteiger partial charge >= 0.3 is 5.97 Å². The highest BCUT2D eigenvalue weighted by Gasteiger charge is 2.22. The van der Waals surface area contributed by atoms with Crippen LogP contribution in [0.4, 0.5) is 4.39 Å². The first-order chi connectivity index (χ1) is 9.65. The number of nitrogens with one attached hydrogen (secondary N) is 1. The summed E-state index contributed by atoms with van der Waals surface area (Å²) >= 11 is 11.1. The molecule has 1 atom stereocenters. The normalized spacial score (nSPS) is 13.1. The minimum atomic E-state index is -3.99. The van der Waals surface area contributed by atoms with Gasteiger partial charge in [-0.15, -0.1) is 0 Å². The van der Waals surface area contributed by atoms with E-state index in [1.165, 1.54) is 0 Å². The first-order valence-electron chi connectivity index (χ1n) is 6.00. The van der Waals surface area contributed by atoms with E-state index in [-0.39, 0.29) is 23.9 Å². The van der Waals surface area contributed by atoms with Crippen LogP contribution in [0.3, 0.4) is 0 Å². The molecule has 118 valence electrons. The summed E-state index contributed by atoms with van der Waals surface area (Å²) in [6.07, 6.45) is 0.264. The van der Waals surface area contributed by atoms with Gasteiger partial charge in [-0.2, -0.15) is 0 Å². The van der Waals surface area contributed by atoms with Gasteiger partial charge in [-0.25, -0.2) is 17.5 Å². The minimum Gasteiger partial charge on any atom is -0.481 e. The molecule has 0 radical (unpaired) electrons. The Morgan fingerprint density at radius 2 is 2.05 bits per heavy atom. The molecular weight excluding hydrogens is 344 g/mol. The van der Waals surface area contributed by atoms with E-state index in [1.54, 1.807) is 6.92 Å². The van der Waals surface area contributed by atoms with Crippen LogP contribution in [0.15, 0.2) is 17.0 Å². The third kappa shape index (κ3) is 5.10. The van der Waals surface area contributed by atoms with Gasteiger partial charge in [-0.3, -0.25) is 4.79 Å². The minimum absolute atomic E-state index is 0.0240. The molecular formula is C12H14Cl2FNO4S. The van der Waals surface area contributed by atoms with Crippen molar-refractivity contribution >= 4 is 39.2 Å². The van der Waals surface area contributed by atoms with Crippen LogP contribution in [0, 0.1) is 11.7 Å². The van der Waals surface area contributed by atoms with Crippen molar-refractivity contribution in [2.45, 2.75) is 24.7 Å². The SMILES string of the molecule is CC(CCC(=O)O)CNS(=O)(=O)c1ccc(Cl)c(F)c1Cl. The van der Waals surface area contributed by atoms with Crippen LogP contribution >= 0.6 is 23.2 Å². The second-order valence-electron chi connectivity index (χ2n) is 4.56. The summed E-state index contributed by atoms with van der Waals surface area (Å²) in [5.74, 6) is -2.14. The third-order valence-corrected chi connectivity index (χ3v) is 5.00. The lowest BCUT2D eigenvalue weighted by Gasteiger charge is -2.13. The highest BCUT2D eigenvalue weighted by molar-refractivity contribution is 7.89. The Bertz CT molecular complexity index is 636. The molecule has 0 fully saturated rings. The zero-order chi connectivity index (χ0) is 16.2. The Morgan fingerprint density at radius 3 is 2.62 bits per heavy atom. The Balaban J connectivity index is 2.79. The van der Waals surface area contributed by atoms with Crippen molar-refractivity contribution in [2.75, 3.05) is 6.54 Å². The molecule has 0 spiro atoms. The van der Waals surface area contributed by atoms with E-state index in [1.807, 2.05) is 0 Å². The third-order valence-electron chi connectivity index (χ3n) is 2.76. The predicted octanol–water partition coefficient (Wildman–Crippen LogP) is 2.91. The first-order valence-corrected chi connectivity index (χ1v) is 8.24. The fraction of sp³-hybridized carbons (Fsp3) is 0.417. The molecule has 0 saturated heterocycles. The van der Waals surface area contributed by atoms with E-state index < -0.39 is 31.7 Å². The lowest BCUT2D eigenvalue weighted by atomic mass is 10.1. The number of halogens is 3. The van der Waals surface area contributed by atoms with E-state index in [0.717, 1.165) is 12.1 Å². The maximum atomic E-state index is 13.5. The van der Waals surface area contributed by atoms with Crippen LogP contribution in [0.5, 0.6) is 0 Å². The zero-order valence-corrected chi connectivity index (χ0v) is 13.4. The number of carbonyl (C=O) groups is 1. The second-order valence-corrected chi connectivity index (χ2v) is 7.08. The summed E-state index contributed by atoms with van der Waals surface area (Å²) in [7, 11) is -3.99. The Morgan fingerprint density at radius 1 is 1.43 bits per heavy atom. The number of hydrogen-bond acceptors (Lipinski definition) is 3. The van der Waals surface area contributed by atoms with Crippen LogP contribution < -0.4 is 4.72 Å². The van der Waals surface area contributed by atoms with Gasteiger partial charge in [0.2, 0.25) is 10.0 Å². The van der Waals surface area contributed by atoms with Gasteiger partial charge in [-0.05, 0) is 24.5 Å². The molecule has 21 heavy (non-hydrogen) atoms. The average Bonchev–Trinajstić information content (AvgIpc) is 2.40. The molecule has 0 heterocycles. The van der Waals surface area contributed by atoms with Gasteiger partial charge in [0.1, 0.15) is 4.90 Å². The van der Waals surface area contributed by atoms with Gasteiger partial charge < -0.3 is 5.11 Å². The van der Waals surface area contributed by atoms with Crippen molar-refractivity contribution < 1.29 is 22.7 Å². The summed E-state index contributed by atoms with van der Waals surface area (Å²) in [5, 5.41) is 7.71. The molecule has 1 aromatic carbocycles. The topological polar surface area (TPSA) is 83.5 Å². The largest absolute Gasteiger partial charge is 0.481 e. The van der Waals surface area contributed by atoms with Crippen molar-refractivity contribution in [3.63, 3.8) is 0 Å². The van der Waals surface area contributed by atoms with Crippen LogP contribution in [0.2, 0.25) is 10.0 Å². The molecule has 5 nitrogen and oxygen atoms in total. The number of rotatable bonds is 7. The van der Waals surface area contributed by atoms with E-state index in [9.17, 15) is 17.6 Å². The van der Waals surface area contributed by atoms with Gasteiger partial charge in [-0.1, -0.05) is 30.1 Å². The fourth-order valence-corrected chi connectivity index (χ4v) is 3.42. The molecule has 9 heteroatoms. The Hall–Kier alpha value is -0.890. The lowest BCUT2D eigenvalue weighted by molar-refractivity contribution is -0.137. The Kier molecular flexibility index (Phi) is 6.40. The molecule has 1 rings (SSSR count). The first kappa shape index (κ1) is 18.2. The lowest BCUT2D eigenvalue weighted by Crippen LogP contribution is -2.29. The number of carboxylic acids is 1. The number of sulfonamides is 1. The summed E-state index contributed by atoms with van der Waals surface area (Å²) < 4.78 is 39.9. The van der Waals surface area contributed by atoms with Crippen molar-refractivity contribution in [1.82, 2.24) is 4.72 Å². The van der Waals surface area contributed by atoms with E-state index in [2.05, 4.69) is 4.72 Å². The van der Waals surface area contributed by atoms with Gasteiger partial charge in [0.15, 0.2) is 5.82 Å². The fourth-order valence-electron chi connectivity index (χ4n) is 1.52. The van der Waals surface area contributed by atoms with Crippen LogP contribution in [-0.4, -0.2) is 26.0 Å². The molecule has 0 aromatic heterocycles. The summed E-state index contributed by atoms with van der Waals surface area (Å²) in [6, 6.07) is 2.21. The summed E-state index contributed by atoms with van der Waals surface area (Å²) in [4.78, 5) is 10.0. The number of benzene rings is 1. The quantitative estimate of drug-likeness (QED) is 0.734. The van der Waals surface area contributed by atoms with E-state index in [4.69, 9.17) is 28.3 Å². The molecule has 0 amide bonds. The van der Waals surface area contributed by atoms with Gasteiger partial charge in [0.05, 0.1) is 10.0 Å². The standard InChI is InChI=1S/C12H14Cl2FNO4S/c1-7(2-5-10(17)18)6-16-21(19,20)9-4-3-8(13)12(15)11(9)14/h3-4,7,16H,2,5-6H2,1H3,(H,17,18). The monoisotopic (exact) mass is 357 g/mol. The van der Waals surface area contributed by atoms with Crippen molar-refractivity contribution in [1.29, 1.82) is 0 Å². The molecule has 2 N–H and O–H groups in total. The van der Waals surface area contributed by atoms with Crippen LogP contribution in [0.1, 0.15) is 19.8 Å². The molecule has 1 unspecified atom stereocenters. The van der Waals surface area contributed by atoms with E-state index >= 15 is 0 Å². The number of hydrogen-bond donors (Lipinski definition) is 2. The van der Waals surface area contributed by atoms with Gasteiger partial charge in [0, 0.05) is 13.0 Å². The maximum Gasteiger partial charge on any atom is 0.303 e. The number of aliphatic carboxylic acids is 1. The van der Waals surface area contributed by atoms with Gasteiger partial charge in [0.25, 0.3) is 0 Å². The number of carboxylic acid groups (broad SMARTS) is 1. The molecule has 0 saturated carbocycles. The van der Waals surface area contributed by atoms with Crippen LogP contribution in [-0.2, 0) is 14.8 Å². The highest BCUT2D eigenvalue weighted by atomic mass is 35.5. The van der Waals surface area contributed by atoms with E-state index in [0.29, 0.717) is 6.42 Å². The zero-order valence-electron chi connectivity index (χ0n) is 11.1. The van der Waals surface area contributed by atoms with Crippen LogP contribution in [0.25, 0.3) is 0 Å². The molecule has 0 aliphatic carbocycles. The maximum absolute atomic E-state index is 13.5. The summed E-state index contributed by atoms with van der Waals surface area (Å²) in [6.45, 7) is 1.73. The summed E-state index contributed by atoms with van der Waals surface area (Å²) in [5.41, 5.74) is 0. The Labute approximate surface area is 132 Å². The van der Waals surface area contributed by atoms with Crippen molar-refractivity contribution in [2.24, 2.45) is 5.92 Å². The molecule has 1 aromatic rings. The van der Waals surface area contributed by atoms with Crippen molar-refractivity contribution in [3.8, 4) is 0 Å². The second kappa shape index (κ2) is 7.40. The highest BCUT2D eigenvalue weighted by Crippen LogP contribution is 2.29. The molecule has 0 aliphatic heterocycles. The predicted molar refractivity (Wildman–Crippen MR) is 77.6 cm³/mol. The average molecular weight is 358 g/mol. The van der Waals surface area contributed by atoms with Crippen molar-refractivity contribution in [3.05, 3.63) is 28.0 Å². The smallest absolute Gasteiger partial charge is 0.303 e. The molecule has 0 bridgehead atoms.